The molecule has 4 N–H and O–H groups in total. The molecule has 1 aromatic heterocycles. The molecule has 0 fully saturated rings. The highest BCUT2D eigenvalue weighted by Gasteiger charge is 2.16. The molecule has 0 aliphatic rings. The van der Waals surface area contributed by atoms with Crippen molar-refractivity contribution in [2.75, 3.05) is 17.2 Å². The number of pyridine rings is 1. The van der Waals surface area contributed by atoms with Crippen LogP contribution in [0, 0.1) is 6.92 Å². The molecule has 1 heterocycles. The van der Waals surface area contributed by atoms with Crippen LogP contribution in [0.4, 0.5) is 16.2 Å². The summed E-state index contributed by atoms with van der Waals surface area (Å²) in [5, 5.41) is 8.97. The van der Waals surface area contributed by atoms with Crippen LogP contribution in [0.2, 0.25) is 24.2 Å². The highest BCUT2D eigenvalue weighted by Crippen LogP contribution is 2.24. The number of halogens is 1. The zero-order valence-corrected chi connectivity index (χ0v) is 21.6. The van der Waals surface area contributed by atoms with Crippen LogP contribution < -0.4 is 20.7 Å². The van der Waals surface area contributed by atoms with Crippen LogP contribution in [0.5, 0.6) is 11.5 Å². The van der Waals surface area contributed by atoms with E-state index in [-0.39, 0.29) is 17.6 Å². The normalized spacial score (nSPS) is 11.0. The second kappa shape index (κ2) is 11.8. The molecule has 0 saturated heterocycles. The van der Waals surface area contributed by atoms with Crippen molar-refractivity contribution in [3.8, 4) is 11.5 Å². The fourth-order valence-electron chi connectivity index (χ4n) is 3.17. The third-order valence-corrected chi connectivity index (χ3v) is 6.98. The maximum Gasteiger partial charge on any atom is 0.323 e. The summed E-state index contributed by atoms with van der Waals surface area (Å²) in [5.41, 5.74) is 2.34. The predicted octanol–water partition coefficient (Wildman–Crippen LogP) is 5.80. The van der Waals surface area contributed by atoms with E-state index in [1.807, 2.05) is 20.0 Å². The van der Waals surface area contributed by atoms with Gasteiger partial charge in [0.2, 0.25) is 0 Å². The molecule has 0 radical (unpaired) electrons. The Morgan fingerprint density at radius 1 is 1.00 bits per heavy atom. The number of amides is 3. The lowest BCUT2D eigenvalue weighted by molar-refractivity contribution is 0.0948. The van der Waals surface area contributed by atoms with E-state index in [1.54, 1.807) is 54.6 Å². The van der Waals surface area contributed by atoms with Crippen molar-refractivity contribution in [2.24, 2.45) is 0 Å². The number of ether oxygens (including phenoxy) is 1. The summed E-state index contributed by atoms with van der Waals surface area (Å²) in [6, 6.07) is 15.7. The Bertz CT molecular complexity index is 1180. The van der Waals surface area contributed by atoms with Gasteiger partial charge in [0, 0.05) is 35.2 Å². The van der Waals surface area contributed by atoms with E-state index in [0.29, 0.717) is 34.4 Å². The van der Waals surface area contributed by atoms with Crippen molar-refractivity contribution < 1.29 is 19.1 Å². The molecule has 3 amide bonds. The van der Waals surface area contributed by atoms with Crippen LogP contribution in [0.3, 0.4) is 0 Å². The minimum absolute atomic E-state index is 0.246. The SMILES string of the molecule is Cc1cc(NC(=O)Nc2ccc(Oc3ccnc(C(=O)NCCC[Si](C)(C)O)c3)cc2)ccc1Cl. The Labute approximate surface area is 210 Å². The summed E-state index contributed by atoms with van der Waals surface area (Å²) in [7, 11) is -2.11. The lowest BCUT2D eigenvalue weighted by Crippen LogP contribution is -2.29. The first kappa shape index (κ1) is 26.2. The molecule has 0 aliphatic carbocycles. The van der Waals surface area contributed by atoms with Crippen LogP contribution in [-0.4, -0.2) is 36.6 Å². The molecule has 0 spiro atoms. The minimum Gasteiger partial charge on any atom is -0.457 e. The summed E-state index contributed by atoms with van der Waals surface area (Å²) in [4.78, 5) is 38.6. The van der Waals surface area contributed by atoms with Gasteiger partial charge in [0.25, 0.3) is 5.91 Å². The van der Waals surface area contributed by atoms with Gasteiger partial charge in [-0.15, -0.1) is 0 Å². The summed E-state index contributed by atoms with van der Waals surface area (Å²) < 4.78 is 5.83. The molecule has 0 aliphatic heterocycles. The highest BCUT2D eigenvalue weighted by molar-refractivity contribution is 6.69. The lowest BCUT2D eigenvalue weighted by atomic mass is 10.2. The van der Waals surface area contributed by atoms with E-state index < -0.39 is 8.32 Å². The Morgan fingerprint density at radius 2 is 1.69 bits per heavy atom. The summed E-state index contributed by atoms with van der Waals surface area (Å²) >= 11 is 6.01. The van der Waals surface area contributed by atoms with Gasteiger partial charge < -0.3 is 25.5 Å². The van der Waals surface area contributed by atoms with E-state index >= 15 is 0 Å². The smallest absolute Gasteiger partial charge is 0.323 e. The maximum absolute atomic E-state index is 12.4. The number of aryl methyl sites for hydroxylation is 1. The molecule has 0 unspecified atom stereocenters. The van der Waals surface area contributed by atoms with E-state index in [0.717, 1.165) is 18.0 Å². The zero-order valence-electron chi connectivity index (χ0n) is 19.9. The fraction of sp³-hybridized carbons (Fsp3) is 0.240. The Kier molecular flexibility index (Phi) is 8.86. The van der Waals surface area contributed by atoms with Crippen LogP contribution in [0.1, 0.15) is 22.5 Å². The first-order valence-electron chi connectivity index (χ1n) is 11.2. The Balaban J connectivity index is 1.52. The average molecular weight is 513 g/mol. The summed E-state index contributed by atoms with van der Waals surface area (Å²) in [5.74, 6) is 0.705. The van der Waals surface area contributed by atoms with Crippen molar-refractivity contribution in [1.82, 2.24) is 10.3 Å². The topological polar surface area (TPSA) is 113 Å². The first-order valence-corrected chi connectivity index (χ1v) is 14.7. The number of anilines is 2. The number of urea groups is 1. The van der Waals surface area contributed by atoms with Crippen LogP contribution in [0.15, 0.2) is 60.8 Å². The van der Waals surface area contributed by atoms with Crippen LogP contribution in [0.25, 0.3) is 0 Å². The molecule has 184 valence electrons. The fourth-order valence-corrected chi connectivity index (χ4v) is 4.33. The quantitative estimate of drug-likeness (QED) is 0.214. The first-order chi connectivity index (χ1) is 16.6. The molecule has 35 heavy (non-hydrogen) atoms. The number of rotatable bonds is 9. The monoisotopic (exact) mass is 512 g/mol. The van der Waals surface area contributed by atoms with Gasteiger partial charge in [-0.05, 0) is 86.6 Å². The Hall–Kier alpha value is -3.40. The van der Waals surface area contributed by atoms with E-state index in [4.69, 9.17) is 16.3 Å². The third-order valence-electron chi connectivity index (χ3n) is 4.98. The van der Waals surface area contributed by atoms with E-state index in [9.17, 15) is 14.4 Å². The number of carbonyl (C=O) groups excluding carboxylic acids is 2. The summed E-state index contributed by atoms with van der Waals surface area (Å²) in [6.07, 6.45) is 2.22. The number of nitrogens with one attached hydrogen (secondary N) is 3. The standard InChI is InChI=1S/C25H29ClN4O4Si/c1-17-15-19(7-10-22(17)26)30-25(32)29-18-5-8-20(9-6-18)34-21-11-13-27-23(16-21)24(31)28-12-4-14-35(2,3)33/h5-11,13,15-16,33H,4,12,14H2,1-3H3,(H,28,31)(H2,29,30,32). The summed E-state index contributed by atoms with van der Waals surface area (Å²) in [6.45, 7) is 6.08. The van der Waals surface area contributed by atoms with Crippen molar-refractivity contribution in [2.45, 2.75) is 32.5 Å². The number of carbonyl (C=O) groups is 2. The molecule has 2 aromatic carbocycles. The Morgan fingerprint density at radius 3 is 2.37 bits per heavy atom. The molecular weight excluding hydrogens is 484 g/mol. The van der Waals surface area contributed by atoms with E-state index in [2.05, 4.69) is 20.9 Å². The van der Waals surface area contributed by atoms with Crippen molar-refractivity contribution >= 4 is 43.2 Å². The molecule has 0 saturated carbocycles. The number of aromatic nitrogens is 1. The average Bonchev–Trinajstić information content (AvgIpc) is 2.80. The third kappa shape index (κ3) is 8.71. The van der Waals surface area contributed by atoms with Crippen LogP contribution >= 0.6 is 11.6 Å². The number of nitrogens with zero attached hydrogens (tertiary/aromatic N) is 1. The molecule has 8 nitrogen and oxygen atoms in total. The zero-order chi connectivity index (χ0) is 25.4. The van der Waals surface area contributed by atoms with Gasteiger partial charge in [0.05, 0.1) is 0 Å². The van der Waals surface area contributed by atoms with Gasteiger partial charge in [-0.2, -0.15) is 0 Å². The highest BCUT2D eigenvalue weighted by atomic mass is 35.5. The van der Waals surface area contributed by atoms with Gasteiger partial charge >= 0.3 is 6.03 Å². The number of benzene rings is 2. The predicted molar refractivity (Wildman–Crippen MR) is 141 cm³/mol. The van der Waals surface area contributed by atoms with E-state index in [1.165, 1.54) is 6.20 Å². The van der Waals surface area contributed by atoms with Crippen molar-refractivity contribution in [3.63, 3.8) is 0 Å². The van der Waals surface area contributed by atoms with Gasteiger partial charge in [-0.3, -0.25) is 9.78 Å². The second-order valence-electron chi connectivity index (χ2n) is 8.72. The van der Waals surface area contributed by atoms with Gasteiger partial charge in [0.1, 0.15) is 17.2 Å². The van der Waals surface area contributed by atoms with Crippen LogP contribution in [-0.2, 0) is 0 Å². The minimum atomic E-state index is -2.11. The van der Waals surface area contributed by atoms with Gasteiger partial charge in [-0.1, -0.05) is 11.6 Å². The molecule has 0 bridgehead atoms. The second-order valence-corrected chi connectivity index (χ2v) is 13.3. The van der Waals surface area contributed by atoms with Crippen molar-refractivity contribution in [3.05, 3.63) is 77.1 Å². The lowest BCUT2D eigenvalue weighted by Gasteiger charge is -2.13. The molecule has 10 heteroatoms. The van der Waals surface area contributed by atoms with Gasteiger partial charge in [-0.25, -0.2) is 4.79 Å². The number of hydrogen-bond donors (Lipinski definition) is 4. The van der Waals surface area contributed by atoms with Gasteiger partial charge in [0.15, 0.2) is 8.32 Å². The van der Waals surface area contributed by atoms with Crippen molar-refractivity contribution in [1.29, 1.82) is 0 Å². The molecule has 3 aromatic rings. The molecule has 3 rings (SSSR count). The number of hydrogen-bond acceptors (Lipinski definition) is 5. The molecular formula is C25H29ClN4O4Si. The maximum atomic E-state index is 12.4. The molecule has 0 atom stereocenters. The largest absolute Gasteiger partial charge is 0.457 e.